The minimum absolute atomic E-state index is 0.0424. The van der Waals surface area contributed by atoms with Crippen LogP contribution in [0.25, 0.3) is 0 Å². The van der Waals surface area contributed by atoms with Gasteiger partial charge >= 0.3 is 0 Å². The zero-order valence-electron chi connectivity index (χ0n) is 12.6. The fourth-order valence-corrected chi connectivity index (χ4v) is 4.31. The van der Waals surface area contributed by atoms with Gasteiger partial charge in [-0.2, -0.15) is 0 Å². The number of aromatic nitrogens is 2. The SMILES string of the molecule is CCc1nc(CC(=O)Nc2ncc(C3CCNCC3)s2)cs1. The number of rotatable bonds is 5. The highest BCUT2D eigenvalue weighted by molar-refractivity contribution is 7.15. The molecule has 0 saturated carbocycles. The summed E-state index contributed by atoms with van der Waals surface area (Å²) in [5, 5.41) is 9.99. The van der Waals surface area contributed by atoms with Crippen LogP contribution in [0.1, 0.15) is 41.3 Å². The molecule has 0 aromatic carbocycles. The van der Waals surface area contributed by atoms with Crippen LogP contribution < -0.4 is 10.6 Å². The smallest absolute Gasteiger partial charge is 0.232 e. The van der Waals surface area contributed by atoms with E-state index in [1.54, 1.807) is 22.7 Å². The number of nitrogens with one attached hydrogen (secondary N) is 2. The van der Waals surface area contributed by atoms with Gasteiger partial charge in [-0.3, -0.25) is 4.79 Å². The van der Waals surface area contributed by atoms with Crippen LogP contribution in [0.2, 0.25) is 0 Å². The van der Waals surface area contributed by atoms with E-state index in [0.717, 1.165) is 43.1 Å². The number of aryl methyl sites for hydroxylation is 1. The molecule has 3 heterocycles. The van der Waals surface area contributed by atoms with E-state index in [4.69, 9.17) is 0 Å². The van der Waals surface area contributed by atoms with Gasteiger partial charge in [0.2, 0.25) is 5.91 Å². The molecule has 7 heteroatoms. The van der Waals surface area contributed by atoms with Gasteiger partial charge < -0.3 is 10.6 Å². The first-order valence-corrected chi connectivity index (χ1v) is 9.33. The Morgan fingerprint density at radius 2 is 2.27 bits per heavy atom. The van der Waals surface area contributed by atoms with Crippen LogP contribution in [0, 0.1) is 0 Å². The molecule has 2 aromatic heterocycles. The van der Waals surface area contributed by atoms with Crippen molar-refractivity contribution in [2.24, 2.45) is 0 Å². The third-order valence-electron chi connectivity index (χ3n) is 3.75. The van der Waals surface area contributed by atoms with E-state index in [0.29, 0.717) is 17.5 Å². The predicted octanol–water partition coefficient (Wildman–Crippen LogP) is 2.81. The molecule has 1 aliphatic heterocycles. The number of anilines is 1. The summed E-state index contributed by atoms with van der Waals surface area (Å²) in [6.07, 6.45) is 5.44. The van der Waals surface area contributed by atoms with Gasteiger partial charge in [0.15, 0.2) is 5.13 Å². The summed E-state index contributed by atoms with van der Waals surface area (Å²) in [7, 11) is 0. The fraction of sp³-hybridized carbons (Fsp3) is 0.533. The number of hydrogen-bond acceptors (Lipinski definition) is 6. The molecule has 0 aliphatic carbocycles. The van der Waals surface area contributed by atoms with Crippen LogP contribution in [0.4, 0.5) is 5.13 Å². The summed E-state index contributed by atoms with van der Waals surface area (Å²) in [6, 6.07) is 0. The van der Waals surface area contributed by atoms with E-state index >= 15 is 0 Å². The van der Waals surface area contributed by atoms with E-state index < -0.39 is 0 Å². The molecule has 1 amide bonds. The number of amides is 1. The van der Waals surface area contributed by atoms with Crippen molar-refractivity contribution in [3.05, 3.63) is 27.2 Å². The molecule has 0 atom stereocenters. The van der Waals surface area contributed by atoms with Crippen LogP contribution in [0.15, 0.2) is 11.6 Å². The van der Waals surface area contributed by atoms with Gasteiger partial charge in [-0.25, -0.2) is 9.97 Å². The Kier molecular flexibility index (Phi) is 5.17. The van der Waals surface area contributed by atoms with Gasteiger partial charge in [-0.1, -0.05) is 6.92 Å². The first-order valence-electron chi connectivity index (χ1n) is 7.64. The number of hydrogen-bond donors (Lipinski definition) is 2. The lowest BCUT2D eigenvalue weighted by Crippen LogP contribution is -2.26. The zero-order valence-corrected chi connectivity index (χ0v) is 14.2. The highest BCUT2D eigenvalue weighted by Gasteiger charge is 2.18. The largest absolute Gasteiger partial charge is 0.317 e. The van der Waals surface area contributed by atoms with Crippen molar-refractivity contribution in [1.29, 1.82) is 0 Å². The first-order chi connectivity index (χ1) is 10.7. The first kappa shape index (κ1) is 15.6. The minimum Gasteiger partial charge on any atom is -0.317 e. The lowest BCUT2D eigenvalue weighted by atomic mass is 9.97. The molecule has 3 rings (SSSR count). The number of nitrogens with zero attached hydrogens (tertiary/aromatic N) is 2. The lowest BCUT2D eigenvalue weighted by molar-refractivity contribution is -0.115. The third kappa shape index (κ3) is 3.91. The van der Waals surface area contributed by atoms with Gasteiger partial charge in [-0.15, -0.1) is 22.7 Å². The van der Waals surface area contributed by atoms with Gasteiger partial charge in [0.25, 0.3) is 0 Å². The van der Waals surface area contributed by atoms with E-state index in [-0.39, 0.29) is 5.91 Å². The van der Waals surface area contributed by atoms with E-state index in [9.17, 15) is 4.79 Å². The Morgan fingerprint density at radius 1 is 1.45 bits per heavy atom. The van der Waals surface area contributed by atoms with Crippen molar-refractivity contribution in [1.82, 2.24) is 15.3 Å². The summed E-state index contributed by atoms with van der Waals surface area (Å²) >= 11 is 3.21. The average Bonchev–Trinajstić information content (AvgIpc) is 3.17. The highest BCUT2D eigenvalue weighted by atomic mass is 32.1. The number of piperidine rings is 1. The maximum Gasteiger partial charge on any atom is 0.232 e. The molecule has 0 spiro atoms. The van der Waals surface area contributed by atoms with E-state index in [2.05, 4.69) is 27.5 Å². The number of thiazole rings is 2. The molecule has 2 aromatic rings. The van der Waals surface area contributed by atoms with Crippen molar-refractivity contribution >= 4 is 33.7 Å². The van der Waals surface area contributed by atoms with E-state index in [1.807, 2.05) is 11.6 Å². The van der Waals surface area contributed by atoms with Crippen molar-refractivity contribution in [2.75, 3.05) is 18.4 Å². The molecule has 0 unspecified atom stereocenters. The third-order valence-corrected chi connectivity index (χ3v) is 5.87. The number of carbonyl (C=O) groups is 1. The molecular formula is C15H20N4OS2. The average molecular weight is 336 g/mol. The second-order valence-corrected chi connectivity index (χ2v) is 7.41. The second kappa shape index (κ2) is 7.30. The minimum atomic E-state index is -0.0424. The van der Waals surface area contributed by atoms with Gasteiger partial charge in [0.1, 0.15) is 0 Å². The van der Waals surface area contributed by atoms with Gasteiger partial charge in [0, 0.05) is 16.5 Å². The van der Waals surface area contributed by atoms with Crippen molar-refractivity contribution in [3.63, 3.8) is 0 Å². The zero-order chi connectivity index (χ0) is 15.4. The predicted molar refractivity (Wildman–Crippen MR) is 90.8 cm³/mol. The van der Waals surface area contributed by atoms with Gasteiger partial charge in [0.05, 0.1) is 17.1 Å². The standard InChI is InChI=1S/C15H20N4OS2/c1-2-14-18-11(9-21-14)7-13(20)19-15-17-8-12(22-15)10-3-5-16-6-4-10/h8-10,16H,2-7H2,1H3,(H,17,19,20). The number of carbonyl (C=O) groups excluding carboxylic acids is 1. The summed E-state index contributed by atoms with van der Waals surface area (Å²) in [6.45, 7) is 4.20. The van der Waals surface area contributed by atoms with Crippen LogP contribution in [0.5, 0.6) is 0 Å². The molecule has 1 fully saturated rings. The topological polar surface area (TPSA) is 66.9 Å². The Morgan fingerprint density at radius 3 is 3.00 bits per heavy atom. The molecule has 1 aliphatic rings. The molecule has 0 radical (unpaired) electrons. The fourth-order valence-electron chi connectivity index (χ4n) is 2.56. The Bertz CT molecular complexity index is 631. The normalized spacial score (nSPS) is 15.9. The van der Waals surface area contributed by atoms with Crippen LogP contribution in [-0.2, 0) is 17.6 Å². The summed E-state index contributed by atoms with van der Waals surface area (Å²) < 4.78 is 0. The van der Waals surface area contributed by atoms with Crippen molar-refractivity contribution in [2.45, 2.75) is 38.5 Å². The summed E-state index contributed by atoms with van der Waals surface area (Å²) in [5.74, 6) is 0.536. The summed E-state index contributed by atoms with van der Waals surface area (Å²) in [4.78, 5) is 22.1. The Labute approximate surface area is 138 Å². The molecular weight excluding hydrogens is 316 g/mol. The Balaban J connectivity index is 1.56. The van der Waals surface area contributed by atoms with Crippen LogP contribution in [0.3, 0.4) is 0 Å². The van der Waals surface area contributed by atoms with Crippen LogP contribution in [-0.4, -0.2) is 29.0 Å². The quantitative estimate of drug-likeness (QED) is 0.881. The monoisotopic (exact) mass is 336 g/mol. The maximum absolute atomic E-state index is 12.1. The lowest BCUT2D eigenvalue weighted by Gasteiger charge is -2.20. The second-order valence-electron chi connectivity index (χ2n) is 5.40. The molecule has 5 nitrogen and oxygen atoms in total. The van der Waals surface area contributed by atoms with E-state index in [1.165, 1.54) is 4.88 Å². The molecule has 0 bridgehead atoms. The maximum atomic E-state index is 12.1. The van der Waals surface area contributed by atoms with Crippen molar-refractivity contribution < 1.29 is 4.79 Å². The van der Waals surface area contributed by atoms with Crippen LogP contribution >= 0.6 is 22.7 Å². The summed E-state index contributed by atoms with van der Waals surface area (Å²) in [5.41, 5.74) is 0.842. The van der Waals surface area contributed by atoms with Crippen molar-refractivity contribution in [3.8, 4) is 0 Å². The van der Waals surface area contributed by atoms with Gasteiger partial charge in [-0.05, 0) is 38.3 Å². The molecule has 118 valence electrons. The molecule has 1 saturated heterocycles. The Hall–Kier alpha value is -1.31. The molecule has 2 N–H and O–H groups in total. The molecule has 22 heavy (non-hydrogen) atoms. The highest BCUT2D eigenvalue weighted by Crippen LogP contribution is 2.31.